The van der Waals surface area contributed by atoms with Gasteiger partial charge in [0, 0.05) is 30.4 Å². The van der Waals surface area contributed by atoms with Gasteiger partial charge in [0.1, 0.15) is 5.82 Å². The van der Waals surface area contributed by atoms with Crippen molar-refractivity contribution in [2.45, 2.75) is 26.4 Å². The Balaban J connectivity index is 1.61. The van der Waals surface area contributed by atoms with Crippen LogP contribution < -0.4 is 19.5 Å². The summed E-state index contributed by atoms with van der Waals surface area (Å²) in [5.74, 6) is 2.02. The Bertz CT molecular complexity index is 1140. The van der Waals surface area contributed by atoms with Crippen LogP contribution in [0.4, 0.5) is 5.69 Å². The van der Waals surface area contributed by atoms with Gasteiger partial charge >= 0.3 is 0 Å². The fourth-order valence-electron chi connectivity index (χ4n) is 4.29. The molecule has 1 N–H and O–H groups in total. The van der Waals surface area contributed by atoms with Crippen LogP contribution in [0.2, 0.25) is 0 Å². The molecule has 9 heteroatoms. The number of morpholine rings is 1. The van der Waals surface area contributed by atoms with E-state index in [1.807, 2.05) is 18.2 Å². The van der Waals surface area contributed by atoms with E-state index in [1.54, 1.807) is 12.1 Å². The molecule has 0 aliphatic carbocycles. The topological polar surface area (TPSA) is 87.1 Å². The van der Waals surface area contributed by atoms with Gasteiger partial charge in [-0.2, -0.15) is 0 Å². The molecule has 182 valence electrons. The highest BCUT2D eigenvalue weighted by Crippen LogP contribution is 2.38. The fraction of sp³-hybridized carbons (Fsp3) is 0.440. The summed E-state index contributed by atoms with van der Waals surface area (Å²) in [6.07, 6.45) is 0. The van der Waals surface area contributed by atoms with Crippen molar-refractivity contribution < 1.29 is 23.7 Å². The van der Waals surface area contributed by atoms with Crippen LogP contribution in [0, 0.1) is 0 Å². The Morgan fingerprint density at radius 3 is 2.32 bits per heavy atom. The van der Waals surface area contributed by atoms with Crippen molar-refractivity contribution in [3.8, 4) is 17.2 Å². The van der Waals surface area contributed by atoms with E-state index in [4.69, 9.17) is 23.9 Å². The lowest BCUT2D eigenvalue weighted by molar-refractivity contribution is 0.0325. The number of hydrogen-bond acceptors (Lipinski definition) is 7. The van der Waals surface area contributed by atoms with E-state index in [9.17, 15) is 4.79 Å². The first-order chi connectivity index (χ1) is 16.4. The maximum atomic E-state index is 13.0. The molecule has 1 saturated heterocycles. The first-order valence-electron chi connectivity index (χ1n) is 11.4. The maximum Gasteiger partial charge on any atom is 0.255 e. The van der Waals surface area contributed by atoms with Crippen LogP contribution in [-0.4, -0.2) is 68.0 Å². The number of rotatable bonds is 8. The molecule has 0 saturated carbocycles. The molecule has 1 aliphatic heterocycles. The van der Waals surface area contributed by atoms with Crippen LogP contribution in [0.5, 0.6) is 17.2 Å². The van der Waals surface area contributed by atoms with Crippen molar-refractivity contribution in [1.29, 1.82) is 0 Å². The Morgan fingerprint density at radius 2 is 1.74 bits per heavy atom. The summed E-state index contributed by atoms with van der Waals surface area (Å²) in [5.41, 5.74) is 2.96. The first kappa shape index (κ1) is 23.8. The summed E-state index contributed by atoms with van der Waals surface area (Å²) in [6, 6.07) is 9.34. The van der Waals surface area contributed by atoms with E-state index < -0.39 is 0 Å². The normalized spacial score (nSPS) is 14.4. The number of nitrogens with zero attached hydrogens (tertiary/aromatic N) is 3. The van der Waals surface area contributed by atoms with Gasteiger partial charge < -0.3 is 28.8 Å². The zero-order valence-electron chi connectivity index (χ0n) is 20.4. The van der Waals surface area contributed by atoms with Gasteiger partial charge in [0.25, 0.3) is 5.91 Å². The average Bonchev–Trinajstić information content (AvgIpc) is 3.20. The van der Waals surface area contributed by atoms with Crippen LogP contribution in [0.25, 0.3) is 11.0 Å². The number of fused-ring (bicyclic) bond motifs is 1. The molecule has 9 nitrogen and oxygen atoms in total. The zero-order chi connectivity index (χ0) is 24.2. The molecule has 1 amide bonds. The van der Waals surface area contributed by atoms with Gasteiger partial charge in [-0.3, -0.25) is 9.69 Å². The lowest BCUT2D eigenvalue weighted by atomic mass is 10.1. The highest BCUT2D eigenvalue weighted by molar-refractivity contribution is 6.05. The SMILES string of the molecule is COc1cc(C(=O)Nc2ccc3c(c2)nc(CN2CCOCC2)n3C(C)C)cc(OC)c1OC. The van der Waals surface area contributed by atoms with Gasteiger partial charge in [-0.05, 0) is 44.2 Å². The largest absolute Gasteiger partial charge is 0.493 e. The van der Waals surface area contributed by atoms with Gasteiger partial charge in [-0.1, -0.05) is 0 Å². The van der Waals surface area contributed by atoms with Crippen LogP contribution in [0.1, 0.15) is 36.1 Å². The van der Waals surface area contributed by atoms with E-state index in [1.165, 1.54) is 21.3 Å². The first-order valence-corrected chi connectivity index (χ1v) is 11.4. The van der Waals surface area contributed by atoms with Crippen LogP contribution in [0.3, 0.4) is 0 Å². The second kappa shape index (κ2) is 10.3. The van der Waals surface area contributed by atoms with E-state index in [-0.39, 0.29) is 11.9 Å². The third-order valence-corrected chi connectivity index (χ3v) is 5.93. The molecule has 0 spiro atoms. The lowest BCUT2D eigenvalue weighted by Gasteiger charge is -2.27. The molecule has 4 rings (SSSR count). The Kier molecular flexibility index (Phi) is 7.23. The van der Waals surface area contributed by atoms with Crippen molar-refractivity contribution in [2.24, 2.45) is 0 Å². The molecule has 2 heterocycles. The summed E-state index contributed by atoms with van der Waals surface area (Å²) >= 11 is 0. The van der Waals surface area contributed by atoms with Crippen LogP contribution in [0.15, 0.2) is 30.3 Å². The van der Waals surface area contributed by atoms with E-state index in [0.717, 1.165) is 49.7 Å². The maximum absolute atomic E-state index is 13.0. The van der Waals surface area contributed by atoms with Gasteiger partial charge in [-0.25, -0.2) is 4.98 Å². The van der Waals surface area contributed by atoms with Gasteiger partial charge in [0.2, 0.25) is 5.75 Å². The second-order valence-electron chi connectivity index (χ2n) is 8.45. The number of imidazole rings is 1. The fourth-order valence-corrected chi connectivity index (χ4v) is 4.29. The third kappa shape index (κ3) is 4.80. The highest BCUT2D eigenvalue weighted by atomic mass is 16.5. The smallest absolute Gasteiger partial charge is 0.255 e. The molecular weight excluding hydrogens is 436 g/mol. The Hall–Kier alpha value is -3.30. The average molecular weight is 469 g/mol. The molecule has 0 bridgehead atoms. The predicted molar refractivity (Wildman–Crippen MR) is 130 cm³/mol. The number of ether oxygens (including phenoxy) is 4. The number of nitrogens with one attached hydrogen (secondary N) is 1. The number of carbonyl (C=O) groups is 1. The summed E-state index contributed by atoms with van der Waals surface area (Å²) in [7, 11) is 4.57. The summed E-state index contributed by atoms with van der Waals surface area (Å²) in [4.78, 5) is 20.3. The van der Waals surface area contributed by atoms with E-state index in [2.05, 4.69) is 28.6 Å². The number of benzene rings is 2. The van der Waals surface area contributed by atoms with Crippen molar-refractivity contribution in [2.75, 3.05) is 52.9 Å². The zero-order valence-corrected chi connectivity index (χ0v) is 20.4. The summed E-state index contributed by atoms with van der Waals surface area (Å²) < 4.78 is 23.8. The monoisotopic (exact) mass is 468 g/mol. The standard InChI is InChI=1S/C25H32N4O5/c1-16(2)29-20-7-6-18(14-19(20)27-23(29)15-28-8-10-34-11-9-28)26-25(30)17-12-21(31-3)24(33-5)22(13-17)32-4/h6-7,12-14,16H,8-11,15H2,1-5H3,(H,26,30). The van der Waals surface area contributed by atoms with Gasteiger partial charge in [0.05, 0.1) is 52.1 Å². The molecular formula is C25H32N4O5. The molecule has 1 fully saturated rings. The van der Waals surface area contributed by atoms with Crippen LogP contribution in [-0.2, 0) is 11.3 Å². The predicted octanol–water partition coefficient (Wildman–Crippen LogP) is 3.73. The third-order valence-electron chi connectivity index (χ3n) is 5.93. The minimum atomic E-state index is -0.282. The molecule has 1 aromatic heterocycles. The number of carbonyl (C=O) groups excluding carboxylic acids is 1. The van der Waals surface area contributed by atoms with Gasteiger partial charge in [-0.15, -0.1) is 0 Å². The van der Waals surface area contributed by atoms with E-state index >= 15 is 0 Å². The minimum Gasteiger partial charge on any atom is -0.493 e. The number of aromatic nitrogens is 2. The quantitative estimate of drug-likeness (QED) is 0.539. The Morgan fingerprint density at radius 1 is 1.06 bits per heavy atom. The molecule has 1 aliphatic rings. The summed E-state index contributed by atoms with van der Waals surface area (Å²) in [6.45, 7) is 8.38. The summed E-state index contributed by atoms with van der Waals surface area (Å²) in [5, 5.41) is 2.96. The second-order valence-corrected chi connectivity index (χ2v) is 8.45. The van der Waals surface area contributed by atoms with E-state index in [0.29, 0.717) is 28.5 Å². The van der Waals surface area contributed by atoms with Crippen molar-refractivity contribution >= 4 is 22.6 Å². The van der Waals surface area contributed by atoms with Gasteiger partial charge in [0.15, 0.2) is 11.5 Å². The molecule has 34 heavy (non-hydrogen) atoms. The van der Waals surface area contributed by atoms with Crippen molar-refractivity contribution in [3.63, 3.8) is 0 Å². The minimum absolute atomic E-state index is 0.265. The number of anilines is 1. The number of methoxy groups -OCH3 is 3. The van der Waals surface area contributed by atoms with Crippen molar-refractivity contribution in [1.82, 2.24) is 14.5 Å². The molecule has 0 unspecified atom stereocenters. The lowest BCUT2D eigenvalue weighted by Crippen LogP contribution is -2.36. The number of amides is 1. The molecule has 0 radical (unpaired) electrons. The van der Waals surface area contributed by atoms with Crippen molar-refractivity contribution in [3.05, 3.63) is 41.7 Å². The number of hydrogen-bond donors (Lipinski definition) is 1. The highest BCUT2D eigenvalue weighted by Gasteiger charge is 2.20. The molecule has 2 aromatic carbocycles. The molecule has 0 atom stereocenters. The van der Waals surface area contributed by atoms with Crippen LogP contribution >= 0.6 is 0 Å². The Labute approximate surface area is 199 Å². The molecule has 3 aromatic rings.